The number of hydrogen-bond acceptors (Lipinski definition) is 5. The van der Waals surface area contributed by atoms with Gasteiger partial charge < -0.3 is 15.1 Å². The number of oxazole rings is 1. The summed E-state index contributed by atoms with van der Waals surface area (Å²) >= 11 is 6.37. The Morgan fingerprint density at radius 1 is 1.03 bits per heavy atom. The summed E-state index contributed by atoms with van der Waals surface area (Å²) in [6, 6.07) is 15.7. The number of pyridine rings is 1. The van der Waals surface area contributed by atoms with Gasteiger partial charge in [-0.3, -0.25) is 14.6 Å². The number of amides is 2. The van der Waals surface area contributed by atoms with E-state index in [-0.39, 0.29) is 22.5 Å². The Morgan fingerprint density at radius 3 is 2.37 bits per heavy atom. The van der Waals surface area contributed by atoms with E-state index in [0.717, 1.165) is 0 Å². The molecule has 0 fully saturated rings. The minimum atomic E-state index is -4.93. The first kappa shape index (κ1) is 26.9. The second kappa shape index (κ2) is 11.1. The van der Waals surface area contributed by atoms with Crippen LogP contribution in [0.2, 0.25) is 5.02 Å². The van der Waals surface area contributed by atoms with Crippen molar-refractivity contribution in [3.63, 3.8) is 0 Å². The van der Waals surface area contributed by atoms with Gasteiger partial charge in [-0.2, -0.15) is 13.2 Å². The highest BCUT2D eigenvalue weighted by atomic mass is 35.5. The number of nitrogens with one attached hydrogen (secondary N) is 2. The number of halogens is 4. The molecular formula is C27H22ClF3N4O3. The third-order valence-electron chi connectivity index (χ3n) is 5.32. The number of carbonyl (C=O) groups excluding carboxylic acids is 2. The van der Waals surface area contributed by atoms with Crippen LogP contribution >= 0.6 is 11.6 Å². The summed E-state index contributed by atoms with van der Waals surface area (Å²) in [4.78, 5) is 33.0. The molecule has 0 aliphatic rings. The smallest absolute Gasteiger partial charge is 0.431 e. The summed E-state index contributed by atoms with van der Waals surface area (Å²) in [5, 5.41) is 5.47. The van der Waals surface area contributed by atoms with Crippen LogP contribution in [-0.4, -0.2) is 28.3 Å². The minimum absolute atomic E-state index is 0.136. The molecule has 2 aromatic heterocycles. The molecule has 11 heteroatoms. The van der Waals surface area contributed by atoms with Gasteiger partial charge in [0.2, 0.25) is 11.7 Å². The van der Waals surface area contributed by atoms with Crippen molar-refractivity contribution >= 4 is 29.1 Å². The summed E-state index contributed by atoms with van der Waals surface area (Å²) in [5.74, 6) is -2.88. The van der Waals surface area contributed by atoms with E-state index >= 15 is 0 Å². The summed E-state index contributed by atoms with van der Waals surface area (Å²) in [5.41, 5.74) is 0.903. The molecule has 196 valence electrons. The summed E-state index contributed by atoms with van der Waals surface area (Å²) < 4.78 is 45.6. The Labute approximate surface area is 221 Å². The molecule has 2 aromatic carbocycles. The van der Waals surface area contributed by atoms with Crippen LogP contribution < -0.4 is 10.6 Å². The summed E-state index contributed by atoms with van der Waals surface area (Å²) in [6.45, 7) is 4.49. The van der Waals surface area contributed by atoms with E-state index in [4.69, 9.17) is 16.0 Å². The SMILES string of the molecule is CC(C)CNC(=O)c1ccc(-c2ccc(NC(=O)c3nc(-c4ccccc4)oc3C(F)(F)F)cn2)c(Cl)c1. The Bertz CT molecular complexity index is 1450. The number of rotatable bonds is 7. The van der Waals surface area contributed by atoms with Gasteiger partial charge in [-0.25, -0.2) is 4.98 Å². The number of benzene rings is 2. The number of nitrogens with zero attached hydrogens (tertiary/aromatic N) is 2. The van der Waals surface area contributed by atoms with Gasteiger partial charge >= 0.3 is 6.18 Å². The molecule has 38 heavy (non-hydrogen) atoms. The Balaban J connectivity index is 1.52. The van der Waals surface area contributed by atoms with E-state index in [0.29, 0.717) is 34.8 Å². The normalized spacial score (nSPS) is 11.4. The highest BCUT2D eigenvalue weighted by Crippen LogP contribution is 2.35. The molecule has 4 rings (SSSR count). The van der Waals surface area contributed by atoms with Crippen LogP contribution in [0.25, 0.3) is 22.7 Å². The maximum absolute atomic E-state index is 13.5. The van der Waals surface area contributed by atoms with Crippen molar-refractivity contribution in [2.24, 2.45) is 5.92 Å². The van der Waals surface area contributed by atoms with Crippen molar-refractivity contribution in [1.29, 1.82) is 0 Å². The van der Waals surface area contributed by atoms with Gasteiger partial charge in [0, 0.05) is 23.2 Å². The van der Waals surface area contributed by atoms with Crippen LogP contribution in [0.1, 0.15) is 40.5 Å². The molecule has 0 atom stereocenters. The van der Waals surface area contributed by atoms with E-state index in [1.54, 1.807) is 30.3 Å². The first-order chi connectivity index (χ1) is 18.0. The van der Waals surface area contributed by atoms with Crippen molar-refractivity contribution < 1.29 is 27.2 Å². The van der Waals surface area contributed by atoms with Crippen molar-refractivity contribution in [2.45, 2.75) is 20.0 Å². The molecule has 0 spiro atoms. The Kier molecular flexibility index (Phi) is 7.82. The van der Waals surface area contributed by atoms with Crippen LogP contribution in [0.5, 0.6) is 0 Å². The monoisotopic (exact) mass is 542 g/mol. The minimum Gasteiger partial charge on any atom is -0.431 e. The number of carbonyl (C=O) groups is 2. The lowest BCUT2D eigenvalue weighted by Gasteiger charge is -2.10. The molecule has 2 heterocycles. The molecule has 2 amide bonds. The third kappa shape index (κ3) is 6.20. The molecule has 0 aliphatic carbocycles. The molecule has 7 nitrogen and oxygen atoms in total. The van der Waals surface area contributed by atoms with Crippen LogP contribution in [0.3, 0.4) is 0 Å². The number of anilines is 1. The van der Waals surface area contributed by atoms with E-state index in [9.17, 15) is 22.8 Å². The van der Waals surface area contributed by atoms with Crippen molar-refractivity contribution in [1.82, 2.24) is 15.3 Å². The predicted octanol–water partition coefficient (Wildman–Crippen LogP) is 6.71. The molecule has 0 bridgehead atoms. The van der Waals surface area contributed by atoms with E-state index < -0.39 is 23.5 Å². The quantitative estimate of drug-likeness (QED) is 0.270. The highest BCUT2D eigenvalue weighted by Gasteiger charge is 2.42. The lowest BCUT2D eigenvalue weighted by Crippen LogP contribution is -2.27. The van der Waals surface area contributed by atoms with Gasteiger partial charge in [-0.15, -0.1) is 0 Å². The second-order valence-electron chi connectivity index (χ2n) is 8.75. The van der Waals surface area contributed by atoms with Gasteiger partial charge in [0.15, 0.2) is 5.69 Å². The van der Waals surface area contributed by atoms with Gasteiger partial charge in [0.25, 0.3) is 11.8 Å². The Morgan fingerprint density at radius 2 is 1.76 bits per heavy atom. The lowest BCUT2D eigenvalue weighted by molar-refractivity contribution is -0.153. The molecule has 0 unspecified atom stereocenters. The van der Waals surface area contributed by atoms with Crippen LogP contribution in [0.4, 0.5) is 18.9 Å². The van der Waals surface area contributed by atoms with Crippen LogP contribution in [0, 0.1) is 5.92 Å². The first-order valence-electron chi connectivity index (χ1n) is 11.5. The third-order valence-corrected chi connectivity index (χ3v) is 5.63. The largest absolute Gasteiger partial charge is 0.452 e. The topological polar surface area (TPSA) is 97.1 Å². The fourth-order valence-electron chi connectivity index (χ4n) is 3.45. The predicted molar refractivity (Wildman–Crippen MR) is 137 cm³/mol. The second-order valence-corrected chi connectivity index (χ2v) is 9.15. The maximum Gasteiger partial charge on any atom is 0.452 e. The van der Waals surface area contributed by atoms with E-state index in [1.807, 2.05) is 13.8 Å². The van der Waals surface area contributed by atoms with Crippen molar-refractivity contribution in [3.05, 3.63) is 88.9 Å². The number of aromatic nitrogens is 2. The maximum atomic E-state index is 13.5. The first-order valence-corrected chi connectivity index (χ1v) is 11.9. The lowest BCUT2D eigenvalue weighted by atomic mass is 10.1. The molecule has 0 radical (unpaired) electrons. The van der Waals surface area contributed by atoms with Crippen LogP contribution in [-0.2, 0) is 6.18 Å². The van der Waals surface area contributed by atoms with Gasteiger partial charge in [0.05, 0.1) is 22.6 Å². The zero-order chi connectivity index (χ0) is 27.4. The fourth-order valence-corrected chi connectivity index (χ4v) is 3.73. The molecular weight excluding hydrogens is 521 g/mol. The van der Waals surface area contributed by atoms with Crippen molar-refractivity contribution in [3.8, 4) is 22.7 Å². The average molecular weight is 543 g/mol. The molecule has 0 saturated heterocycles. The summed E-state index contributed by atoms with van der Waals surface area (Å²) in [6.07, 6.45) is -3.65. The fraction of sp³-hybridized carbons (Fsp3) is 0.185. The average Bonchev–Trinajstić information content (AvgIpc) is 3.35. The van der Waals surface area contributed by atoms with Crippen LogP contribution in [0.15, 0.2) is 71.3 Å². The Hall–Kier alpha value is -4.18. The number of alkyl halides is 3. The van der Waals surface area contributed by atoms with Gasteiger partial charge in [-0.1, -0.05) is 49.7 Å². The van der Waals surface area contributed by atoms with Crippen molar-refractivity contribution in [2.75, 3.05) is 11.9 Å². The van der Waals surface area contributed by atoms with E-state index in [2.05, 4.69) is 20.6 Å². The summed E-state index contributed by atoms with van der Waals surface area (Å²) in [7, 11) is 0. The standard InChI is InChI=1S/C27H22ClF3N4O3/c1-15(2)13-33-24(36)17-8-10-19(20(28)12-17)21-11-9-18(14-32-21)34-25(37)22-23(27(29,30)31)38-26(35-22)16-6-4-3-5-7-16/h3-12,14-15H,13H2,1-2H3,(H,33,36)(H,34,37). The number of hydrogen-bond donors (Lipinski definition) is 2. The van der Waals surface area contributed by atoms with Gasteiger partial charge in [0.1, 0.15) is 0 Å². The van der Waals surface area contributed by atoms with E-state index in [1.165, 1.54) is 36.5 Å². The molecule has 4 aromatic rings. The zero-order valence-electron chi connectivity index (χ0n) is 20.3. The molecule has 0 saturated carbocycles. The molecule has 2 N–H and O–H groups in total. The highest BCUT2D eigenvalue weighted by molar-refractivity contribution is 6.33. The zero-order valence-corrected chi connectivity index (χ0v) is 21.0. The van der Waals surface area contributed by atoms with Gasteiger partial charge in [-0.05, 0) is 42.3 Å². The molecule has 0 aliphatic heterocycles.